The van der Waals surface area contributed by atoms with Gasteiger partial charge < -0.3 is 5.11 Å². The van der Waals surface area contributed by atoms with E-state index < -0.39 is 11.4 Å². The molecule has 0 amide bonds. The molecule has 4 bridgehead atoms. The molecule has 0 aliphatic heterocycles. The van der Waals surface area contributed by atoms with E-state index in [-0.39, 0.29) is 5.41 Å². The van der Waals surface area contributed by atoms with Gasteiger partial charge in [-0.1, -0.05) is 0 Å². The molecular formula is C16H22N2O2. The first-order valence-corrected chi connectivity index (χ1v) is 7.72. The second-order valence-electron chi connectivity index (χ2n) is 7.68. The van der Waals surface area contributed by atoms with Crippen LogP contribution in [0.25, 0.3) is 0 Å². The van der Waals surface area contributed by atoms with Gasteiger partial charge in [0.25, 0.3) is 0 Å². The maximum atomic E-state index is 11.8. The molecule has 4 heteroatoms. The summed E-state index contributed by atoms with van der Waals surface area (Å²) in [5, 5.41) is 14.2. The van der Waals surface area contributed by atoms with Gasteiger partial charge in [0, 0.05) is 18.4 Å². The van der Waals surface area contributed by atoms with E-state index in [9.17, 15) is 9.90 Å². The number of hydrogen-bond acceptors (Lipinski definition) is 2. The van der Waals surface area contributed by atoms with Gasteiger partial charge >= 0.3 is 5.97 Å². The van der Waals surface area contributed by atoms with Crippen molar-refractivity contribution in [2.45, 2.75) is 52.0 Å². The number of carbonyl (C=O) groups is 1. The van der Waals surface area contributed by atoms with Crippen LogP contribution in [0.2, 0.25) is 0 Å². The van der Waals surface area contributed by atoms with Gasteiger partial charge in [0.2, 0.25) is 0 Å². The van der Waals surface area contributed by atoms with Crippen LogP contribution in [0.1, 0.15) is 44.2 Å². The summed E-state index contributed by atoms with van der Waals surface area (Å²) in [6.45, 7) is 2.99. The fourth-order valence-electron chi connectivity index (χ4n) is 5.77. The van der Waals surface area contributed by atoms with E-state index in [1.54, 1.807) is 0 Å². The van der Waals surface area contributed by atoms with Crippen molar-refractivity contribution in [2.75, 3.05) is 0 Å². The Hall–Kier alpha value is -1.32. The summed E-state index contributed by atoms with van der Waals surface area (Å²) in [6, 6.07) is 2.04. The van der Waals surface area contributed by atoms with E-state index in [1.165, 1.54) is 25.0 Å². The lowest BCUT2D eigenvalue weighted by Crippen LogP contribution is -2.56. The van der Waals surface area contributed by atoms with Crippen molar-refractivity contribution >= 4 is 5.97 Å². The lowest BCUT2D eigenvalue weighted by molar-refractivity contribution is -0.176. The Labute approximate surface area is 119 Å². The molecule has 0 aromatic carbocycles. The summed E-state index contributed by atoms with van der Waals surface area (Å²) in [5.41, 5.74) is 0.940. The predicted octanol–water partition coefficient (Wildman–Crippen LogP) is 2.86. The zero-order valence-corrected chi connectivity index (χ0v) is 12.0. The highest BCUT2D eigenvalue weighted by atomic mass is 16.4. The van der Waals surface area contributed by atoms with Gasteiger partial charge in [0.15, 0.2) is 0 Å². The summed E-state index contributed by atoms with van der Waals surface area (Å²) < 4.78 is 2.09. The smallest absolute Gasteiger partial charge is 0.309 e. The Bertz CT molecular complexity index is 549. The van der Waals surface area contributed by atoms with Crippen LogP contribution in [0.5, 0.6) is 0 Å². The first kappa shape index (κ1) is 12.4. The fourth-order valence-corrected chi connectivity index (χ4v) is 5.77. The van der Waals surface area contributed by atoms with Crippen molar-refractivity contribution in [1.29, 1.82) is 0 Å². The molecule has 5 rings (SSSR count). The minimum atomic E-state index is -0.548. The van der Waals surface area contributed by atoms with Gasteiger partial charge in [-0.2, -0.15) is 5.10 Å². The van der Waals surface area contributed by atoms with Crippen LogP contribution in [0, 0.1) is 29.6 Å². The van der Waals surface area contributed by atoms with Gasteiger partial charge in [0.05, 0.1) is 5.41 Å². The molecular weight excluding hydrogens is 252 g/mol. The number of rotatable bonds is 3. The lowest BCUT2D eigenvalue weighted by Gasteiger charge is -2.60. The predicted molar refractivity (Wildman–Crippen MR) is 74.1 cm³/mol. The third kappa shape index (κ3) is 1.66. The SMILES string of the molecule is Cc1ccnn1CC12C[C@H]3C[C@@H](C1)CC(C(=O)O)(C3)C2. The van der Waals surface area contributed by atoms with E-state index >= 15 is 0 Å². The van der Waals surface area contributed by atoms with Crippen LogP contribution >= 0.6 is 0 Å². The third-order valence-electron chi connectivity index (χ3n) is 6.05. The molecule has 2 unspecified atom stereocenters. The highest BCUT2D eigenvalue weighted by molar-refractivity contribution is 5.75. The summed E-state index contributed by atoms with van der Waals surface area (Å²) in [7, 11) is 0. The molecule has 20 heavy (non-hydrogen) atoms. The normalized spacial score (nSPS) is 42.0. The number of aryl methyl sites for hydroxylation is 1. The summed E-state index contributed by atoms with van der Waals surface area (Å²) in [6.07, 6.45) is 8.21. The van der Waals surface area contributed by atoms with Gasteiger partial charge in [-0.25, -0.2) is 0 Å². The first-order chi connectivity index (χ1) is 9.50. The molecule has 4 aliphatic rings. The molecule has 0 radical (unpaired) electrons. The fraction of sp³-hybridized carbons (Fsp3) is 0.750. The number of carboxylic acids is 1. The number of hydrogen-bond donors (Lipinski definition) is 1. The standard InChI is InChI=1S/C16H22N2O2/c1-11-2-3-17-18(11)10-15-5-12-4-13(6-15)8-16(7-12,9-15)14(19)20/h2-3,12-13H,4-10H2,1H3,(H,19,20)/t12-,13+,15?,16?. The van der Waals surface area contributed by atoms with Crippen LogP contribution in [0.15, 0.2) is 12.3 Å². The first-order valence-electron chi connectivity index (χ1n) is 7.72. The van der Waals surface area contributed by atoms with Crippen molar-refractivity contribution in [3.63, 3.8) is 0 Å². The van der Waals surface area contributed by atoms with Crippen molar-refractivity contribution in [3.8, 4) is 0 Å². The van der Waals surface area contributed by atoms with E-state index in [1.807, 2.05) is 12.3 Å². The summed E-state index contributed by atoms with van der Waals surface area (Å²) >= 11 is 0. The van der Waals surface area contributed by atoms with E-state index in [0.717, 1.165) is 25.8 Å². The Kier molecular flexibility index (Phi) is 2.40. The zero-order valence-electron chi connectivity index (χ0n) is 12.0. The highest BCUT2D eigenvalue weighted by Crippen LogP contribution is 2.65. The molecule has 0 saturated heterocycles. The zero-order chi connectivity index (χ0) is 14.0. The van der Waals surface area contributed by atoms with Crippen LogP contribution < -0.4 is 0 Å². The van der Waals surface area contributed by atoms with E-state index in [4.69, 9.17) is 0 Å². The highest BCUT2D eigenvalue weighted by Gasteiger charge is 2.60. The number of aliphatic carboxylic acids is 1. The molecule has 4 nitrogen and oxygen atoms in total. The Morgan fingerprint density at radius 3 is 2.65 bits per heavy atom. The molecule has 1 aromatic rings. The largest absolute Gasteiger partial charge is 0.481 e. The van der Waals surface area contributed by atoms with Crippen LogP contribution in [0.4, 0.5) is 0 Å². The number of carboxylic acid groups (broad SMARTS) is 1. The third-order valence-corrected chi connectivity index (χ3v) is 6.05. The van der Waals surface area contributed by atoms with Crippen molar-refractivity contribution < 1.29 is 9.90 Å². The Balaban J connectivity index is 1.68. The second-order valence-corrected chi connectivity index (χ2v) is 7.68. The minimum absolute atomic E-state index is 0.180. The van der Waals surface area contributed by atoms with Gasteiger partial charge in [-0.15, -0.1) is 0 Å². The number of nitrogens with zero attached hydrogens (tertiary/aromatic N) is 2. The monoisotopic (exact) mass is 274 g/mol. The molecule has 4 fully saturated rings. The Morgan fingerprint density at radius 2 is 2.10 bits per heavy atom. The lowest BCUT2D eigenvalue weighted by atomic mass is 9.44. The molecule has 1 aromatic heterocycles. The topological polar surface area (TPSA) is 55.1 Å². The van der Waals surface area contributed by atoms with Crippen molar-refractivity contribution in [1.82, 2.24) is 9.78 Å². The Morgan fingerprint density at radius 1 is 1.40 bits per heavy atom. The van der Waals surface area contributed by atoms with Gasteiger partial charge in [-0.05, 0) is 68.8 Å². The van der Waals surface area contributed by atoms with Crippen molar-refractivity contribution in [2.24, 2.45) is 22.7 Å². The van der Waals surface area contributed by atoms with Crippen molar-refractivity contribution in [3.05, 3.63) is 18.0 Å². The molecule has 4 saturated carbocycles. The average molecular weight is 274 g/mol. The quantitative estimate of drug-likeness (QED) is 0.922. The molecule has 1 heterocycles. The van der Waals surface area contributed by atoms with Crippen LogP contribution in [0.3, 0.4) is 0 Å². The molecule has 0 spiro atoms. The maximum absolute atomic E-state index is 11.8. The van der Waals surface area contributed by atoms with Crippen LogP contribution in [-0.4, -0.2) is 20.9 Å². The maximum Gasteiger partial charge on any atom is 0.309 e. The van der Waals surface area contributed by atoms with E-state index in [2.05, 4.69) is 16.7 Å². The molecule has 4 aliphatic carbocycles. The summed E-state index contributed by atoms with van der Waals surface area (Å²) in [5.74, 6) is 0.708. The molecule has 1 N–H and O–H groups in total. The van der Waals surface area contributed by atoms with Crippen LogP contribution in [-0.2, 0) is 11.3 Å². The second kappa shape index (κ2) is 3.86. The van der Waals surface area contributed by atoms with Gasteiger partial charge in [0.1, 0.15) is 0 Å². The van der Waals surface area contributed by atoms with Gasteiger partial charge in [-0.3, -0.25) is 9.48 Å². The van der Waals surface area contributed by atoms with E-state index in [0.29, 0.717) is 11.8 Å². The molecule has 4 atom stereocenters. The summed E-state index contributed by atoms with van der Waals surface area (Å²) in [4.78, 5) is 11.8. The average Bonchev–Trinajstić information content (AvgIpc) is 2.72. The number of aromatic nitrogens is 2. The molecule has 108 valence electrons. The minimum Gasteiger partial charge on any atom is -0.481 e.